The Morgan fingerprint density at radius 1 is 0.826 bits per heavy atom. The summed E-state index contributed by atoms with van der Waals surface area (Å²) < 4.78 is 0. The number of H-pyrrole nitrogens is 1. The quantitative estimate of drug-likeness (QED) is 0.717. The number of nitrogens with one attached hydrogen (secondary N) is 1. The van der Waals surface area contributed by atoms with Crippen LogP contribution in [-0.4, -0.2) is 26.2 Å². The summed E-state index contributed by atoms with van der Waals surface area (Å²) in [7, 11) is 0. The van der Waals surface area contributed by atoms with Gasteiger partial charge in [0.2, 0.25) is 5.52 Å². The molecule has 0 amide bonds. The first-order chi connectivity index (χ1) is 11.3. The molecular formula is C19H19ClN3+. The largest absolute Gasteiger partial charge is 0.368 e. The van der Waals surface area contributed by atoms with Gasteiger partial charge in [-0.1, -0.05) is 29.8 Å². The van der Waals surface area contributed by atoms with Gasteiger partial charge in [0, 0.05) is 49.0 Å². The van der Waals surface area contributed by atoms with E-state index >= 15 is 0 Å². The number of fused-ring (bicyclic) bond motifs is 1. The Bertz CT molecular complexity index is 811. The number of rotatable bonds is 2. The van der Waals surface area contributed by atoms with Crippen molar-refractivity contribution in [3.63, 3.8) is 0 Å². The number of aromatic nitrogens is 1. The highest BCUT2D eigenvalue weighted by Crippen LogP contribution is 2.27. The van der Waals surface area contributed by atoms with Gasteiger partial charge in [-0.2, -0.15) is 0 Å². The van der Waals surface area contributed by atoms with Crippen molar-refractivity contribution in [3.05, 3.63) is 65.8 Å². The molecule has 0 saturated carbocycles. The molecule has 1 aliphatic rings. The molecule has 0 bridgehead atoms. The van der Waals surface area contributed by atoms with Crippen LogP contribution in [0.25, 0.3) is 10.9 Å². The van der Waals surface area contributed by atoms with Crippen LogP contribution in [0.5, 0.6) is 0 Å². The lowest BCUT2D eigenvalue weighted by molar-refractivity contribution is -0.344. The van der Waals surface area contributed by atoms with Crippen LogP contribution in [0.2, 0.25) is 5.02 Å². The van der Waals surface area contributed by atoms with E-state index in [0.29, 0.717) is 0 Å². The van der Waals surface area contributed by atoms with E-state index in [0.717, 1.165) is 36.7 Å². The van der Waals surface area contributed by atoms with Crippen LogP contribution in [0.1, 0.15) is 0 Å². The van der Waals surface area contributed by atoms with Crippen LogP contribution in [0, 0.1) is 0 Å². The number of halogens is 1. The molecular weight excluding hydrogens is 306 g/mol. The number of aromatic amines is 1. The van der Waals surface area contributed by atoms with Gasteiger partial charge in [0.05, 0.1) is 11.1 Å². The van der Waals surface area contributed by atoms with Crippen molar-refractivity contribution in [2.75, 3.05) is 36.0 Å². The minimum absolute atomic E-state index is 0.764. The molecule has 4 rings (SSSR count). The molecule has 1 aliphatic heterocycles. The van der Waals surface area contributed by atoms with Crippen LogP contribution in [0.15, 0.2) is 60.8 Å². The minimum atomic E-state index is 0.764. The van der Waals surface area contributed by atoms with Gasteiger partial charge < -0.3 is 9.80 Å². The molecule has 23 heavy (non-hydrogen) atoms. The molecule has 0 aliphatic carbocycles. The molecule has 1 saturated heterocycles. The van der Waals surface area contributed by atoms with Crippen LogP contribution >= 0.6 is 11.6 Å². The summed E-state index contributed by atoms with van der Waals surface area (Å²) in [5.41, 5.74) is 3.67. The number of hydrogen-bond donors (Lipinski definition) is 0. The van der Waals surface area contributed by atoms with Gasteiger partial charge in [0.15, 0.2) is 6.20 Å². The molecule has 0 atom stereocenters. The minimum Gasteiger partial charge on any atom is -0.368 e. The van der Waals surface area contributed by atoms with Gasteiger partial charge >= 0.3 is 0 Å². The van der Waals surface area contributed by atoms with Crippen LogP contribution in [0.3, 0.4) is 0 Å². The van der Waals surface area contributed by atoms with E-state index in [2.05, 4.69) is 57.2 Å². The highest BCUT2D eigenvalue weighted by molar-refractivity contribution is 6.31. The monoisotopic (exact) mass is 324 g/mol. The third-order valence-electron chi connectivity index (χ3n) is 4.48. The molecule has 4 heteroatoms. The van der Waals surface area contributed by atoms with E-state index in [1.54, 1.807) is 0 Å². The standard InChI is InChI=1S/C19H18ClN3/c20-15-6-7-17-18(14-15)21-9-8-19(17)23-12-10-22(11-13-23)16-4-2-1-3-5-16/h1-9,14H,10-13H2/p+1. The highest BCUT2D eigenvalue weighted by Gasteiger charge is 2.20. The second-order valence-electron chi connectivity index (χ2n) is 5.86. The van der Waals surface area contributed by atoms with Crippen molar-refractivity contribution in [2.24, 2.45) is 0 Å². The van der Waals surface area contributed by atoms with Crippen molar-refractivity contribution in [3.8, 4) is 0 Å². The average molecular weight is 325 g/mol. The van der Waals surface area contributed by atoms with E-state index in [4.69, 9.17) is 11.6 Å². The molecule has 3 nitrogen and oxygen atoms in total. The number of pyridine rings is 1. The fourth-order valence-corrected chi connectivity index (χ4v) is 3.45. The predicted octanol–water partition coefficient (Wildman–Crippen LogP) is 3.63. The zero-order chi connectivity index (χ0) is 15.6. The molecule has 1 N–H and O–H groups in total. The zero-order valence-electron chi connectivity index (χ0n) is 12.9. The Kier molecular flexibility index (Phi) is 3.80. The van der Waals surface area contributed by atoms with E-state index in [9.17, 15) is 0 Å². The van der Waals surface area contributed by atoms with Gasteiger partial charge in [-0.15, -0.1) is 0 Å². The Morgan fingerprint density at radius 3 is 2.35 bits per heavy atom. The first-order valence-electron chi connectivity index (χ1n) is 7.96. The highest BCUT2D eigenvalue weighted by atomic mass is 35.5. The van der Waals surface area contributed by atoms with Gasteiger partial charge in [-0.3, -0.25) is 0 Å². The van der Waals surface area contributed by atoms with Gasteiger partial charge in [-0.25, -0.2) is 4.98 Å². The Morgan fingerprint density at radius 2 is 1.57 bits per heavy atom. The van der Waals surface area contributed by atoms with E-state index < -0.39 is 0 Å². The first-order valence-corrected chi connectivity index (χ1v) is 8.34. The molecule has 2 aromatic carbocycles. The third kappa shape index (κ3) is 2.84. The predicted molar refractivity (Wildman–Crippen MR) is 96.4 cm³/mol. The normalized spacial score (nSPS) is 15.2. The smallest absolute Gasteiger partial charge is 0.214 e. The fraction of sp³-hybridized carbons (Fsp3) is 0.211. The van der Waals surface area contributed by atoms with Crippen molar-refractivity contribution in [2.45, 2.75) is 0 Å². The maximum absolute atomic E-state index is 6.10. The Balaban J connectivity index is 1.57. The maximum Gasteiger partial charge on any atom is 0.214 e. The van der Waals surface area contributed by atoms with E-state index in [1.807, 2.05) is 18.3 Å². The maximum atomic E-state index is 6.10. The SMILES string of the molecule is Clc1ccc2c(N3CCN(c4ccccc4)CC3)cc[nH+]c2c1. The lowest BCUT2D eigenvalue weighted by Crippen LogP contribution is -2.46. The van der Waals surface area contributed by atoms with E-state index in [1.165, 1.54) is 16.8 Å². The summed E-state index contributed by atoms with van der Waals surface area (Å²) in [5, 5.41) is 1.99. The van der Waals surface area contributed by atoms with Crippen molar-refractivity contribution >= 4 is 33.9 Å². The summed E-state index contributed by atoms with van der Waals surface area (Å²) in [5.74, 6) is 0. The summed E-state index contributed by atoms with van der Waals surface area (Å²) in [6.07, 6.45) is 2.00. The fourth-order valence-electron chi connectivity index (χ4n) is 3.28. The van der Waals surface area contributed by atoms with Crippen molar-refractivity contribution < 1.29 is 4.98 Å². The number of nitrogens with zero attached hydrogens (tertiary/aromatic N) is 2. The first kappa shape index (κ1) is 14.3. The summed E-state index contributed by atoms with van der Waals surface area (Å²) in [6.45, 7) is 4.13. The summed E-state index contributed by atoms with van der Waals surface area (Å²) in [6, 6.07) is 18.9. The summed E-state index contributed by atoms with van der Waals surface area (Å²) >= 11 is 6.10. The molecule has 1 fully saturated rings. The zero-order valence-corrected chi connectivity index (χ0v) is 13.6. The molecule has 116 valence electrons. The third-order valence-corrected chi connectivity index (χ3v) is 4.71. The molecule has 0 unspecified atom stereocenters. The second-order valence-corrected chi connectivity index (χ2v) is 6.30. The molecule has 0 radical (unpaired) electrons. The number of benzene rings is 2. The average Bonchev–Trinajstić information content (AvgIpc) is 2.62. The summed E-state index contributed by atoms with van der Waals surface area (Å²) in [4.78, 5) is 8.20. The van der Waals surface area contributed by atoms with E-state index in [-0.39, 0.29) is 0 Å². The van der Waals surface area contributed by atoms with Crippen LogP contribution in [0.4, 0.5) is 11.4 Å². The topological polar surface area (TPSA) is 20.6 Å². The number of para-hydroxylation sites is 1. The molecule has 3 aromatic rings. The van der Waals surface area contributed by atoms with Crippen LogP contribution in [-0.2, 0) is 0 Å². The van der Waals surface area contributed by atoms with Crippen molar-refractivity contribution in [1.82, 2.24) is 0 Å². The lowest BCUT2D eigenvalue weighted by atomic mass is 10.1. The van der Waals surface area contributed by atoms with Crippen LogP contribution < -0.4 is 14.8 Å². The van der Waals surface area contributed by atoms with Gasteiger partial charge in [-0.05, 0) is 24.3 Å². The van der Waals surface area contributed by atoms with Crippen molar-refractivity contribution in [1.29, 1.82) is 0 Å². The molecule has 2 heterocycles. The Labute approximate surface area is 141 Å². The van der Waals surface area contributed by atoms with Gasteiger partial charge in [0.1, 0.15) is 0 Å². The molecule has 0 spiro atoms. The number of piperazine rings is 1. The Hall–Kier alpha value is -2.26. The lowest BCUT2D eigenvalue weighted by Gasteiger charge is -2.37. The number of anilines is 2. The number of hydrogen-bond acceptors (Lipinski definition) is 2. The second kappa shape index (κ2) is 6.09. The molecule has 1 aromatic heterocycles. The van der Waals surface area contributed by atoms with Gasteiger partial charge in [0.25, 0.3) is 0 Å².